The summed E-state index contributed by atoms with van der Waals surface area (Å²) in [5, 5.41) is 6.47. The van der Waals surface area contributed by atoms with Crippen molar-refractivity contribution in [2.75, 3.05) is 7.05 Å². The van der Waals surface area contributed by atoms with Crippen LogP contribution < -0.4 is 10.6 Å². The van der Waals surface area contributed by atoms with Gasteiger partial charge in [0.2, 0.25) is 0 Å². The van der Waals surface area contributed by atoms with Gasteiger partial charge in [-0.15, -0.1) is 24.0 Å². The van der Waals surface area contributed by atoms with Crippen molar-refractivity contribution >= 4 is 29.9 Å². The SMILES string of the molecule is CN=C(NCc1cccc(F)c1)NC(C)C(C)C.I. The van der Waals surface area contributed by atoms with E-state index in [0.717, 1.165) is 11.5 Å². The van der Waals surface area contributed by atoms with Gasteiger partial charge in [0.1, 0.15) is 5.82 Å². The molecule has 0 aromatic heterocycles. The first-order valence-corrected chi connectivity index (χ1v) is 6.24. The van der Waals surface area contributed by atoms with Crippen molar-refractivity contribution in [3.8, 4) is 0 Å². The molecule has 0 heterocycles. The average Bonchev–Trinajstić information content (AvgIpc) is 2.34. The first-order chi connectivity index (χ1) is 8.52. The van der Waals surface area contributed by atoms with Crippen LogP contribution in [0.5, 0.6) is 0 Å². The standard InChI is InChI=1S/C14H22FN3.HI/c1-10(2)11(3)18-14(16-4)17-9-12-6-5-7-13(15)8-12;/h5-8,10-11H,9H2,1-4H3,(H2,16,17,18);1H. The van der Waals surface area contributed by atoms with Crippen molar-refractivity contribution in [3.05, 3.63) is 35.6 Å². The third kappa shape index (κ3) is 6.75. The lowest BCUT2D eigenvalue weighted by atomic mass is 10.1. The van der Waals surface area contributed by atoms with Crippen LogP contribution in [-0.2, 0) is 6.54 Å². The predicted molar refractivity (Wildman–Crippen MR) is 89.4 cm³/mol. The third-order valence-electron chi connectivity index (χ3n) is 2.94. The number of rotatable bonds is 4. The molecule has 0 radical (unpaired) electrons. The largest absolute Gasteiger partial charge is 0.354 e. The van der Waals surface area contributed by atoms with Crippen LogP contribution in [-0.4, -0.2) is 19.0 Å². The molecule has 1 aromatic carbocycles. The van der Waals surface area contributed by atoms with Crippen molar-refractivity contribution in [3.63, 3.8) is 0 Å². The summed E-state index contributed by atoms with van der Waals surface area (Å²) in [6, 6.07) is 6.89. The van der Waals surface area contributed by atoms with Gasteiger partial charge in [-0.25, -0.2) is 4.39 Å². The van der Waals surface area contributed by atoms with Crippen LogP contribution >= 0.6 is 24.0 Å². The molecule has 0 aliphatic heterocycles. The summed E-state index contributed by atoms with van der Waals surface area (Å²) in [4.78, 5) is 4.15. The molecule has 5 heteroatoms. The topological polar surface area (TPSA) is 36.4 Å². The summed E-state index contributed by atoms with van der Waals surface area (Å²) in [6.07, 6.45) is 0. The Hall–Kier alpha value is -0.850. The number of benzene rings is 1. The van der Waals surface area contributed by atoms with E-state index in [-0.39, 0.29) is 29.8 Å². The molecule has 0 spiro atoms. The van der Waals surface area contributed by atoms with Gasteiger partial charge in [-0.05, 0) is 30.5 Å². The number of hydrogen-bond acceptors (Lipinski definition) is 1. The Morgan fingerprint density at radius 3 is 2.53 bits per heavy atom. The molecule has 0 fully saturated rings. The number of guanidine groups is 1. The molecule has 0 aliphatic carbocycles. The number of nitrogens with one attached hydrogen (secondary N) is 2. The average molecular weight is 379 g/mol. The molecule has 1 unspecified atom stereocenters. The maximum atomic E-state index is 13.0. The van der Waals surface area contributed by atoms with Crippen molar-refractivity contribution in [1.29, 1.82) is 0 Å². The van der Waals surface area contributed by atoms with Crippen LogP contribution in [0.4, 0.5) is 4.39 Å². The van der Waals surface area contributed by atoms with Gasteiger partial charge in [0.05, 0.1) is 0 Å². The van der Waals surface area contributed by atoms with Crippen molar-refractivity contribution < 1.29 is 4.39 Å². The molecule has 1 rings (SSSR count). The molecule has 1 atom stereocenters. The van der Waals surface area contributed by atoms with E-state index in [1.54, 1.807) is 13.1 Å². The number of nitrogens with zero attached hydrogens (tertiary/aromatic N) is 1. The summed E-state index contributed by atoms with van der Waals surface area (Å²) in [6.45, 7) is 6.97. The molecule has 0 aliphatic rings. The number of aliphatic imine (C=N–C) groups is 1. The highest BCUT2D eigenvalue weighted by atomic mass is 127. The Bertz CT molecular complexity index is 407. The molecule has 3 nitrogen and oxygen atoms in total. The van der Waals surface area contributed by atoms with Gasteiger partial charge < -0.3 is 10.6 Å². The zero-order chi connectivity index (χ0) is 13.5. The van der Waals surface area contributed by atoms with Gasteiger partial charge >= 0.3 is 0 Å². The molecule has 0 saturated carbocycles. The van der Waals surface area contributed by atoms with E-state index in [4.69, 9.17) is 0 Å². The molecule has 1 aromatic rings. The lowest BCUT2D eigenvalue weighted by Crippen LogP contribution is -2.43. The van der Waals surface area contributed by atoms with Gasteiger partial charge in [0.25, 0.3) is 0 Å². The van der Waals surface area contributed by atoms with Crippen LogP contribution in [0.15, 0.2) is 29.3 Å². The zero-order valence-corrected chi connectivity index (χ0v) is 14.2. The number of halogens is 2. The van der Waals surface area contributed by atoms with E-state index in [1.165, 1.54) is 12.1 Å². The van der Waals surface area contributed by atoms with E-state index >= 15 is 0 Å². The highest BCUT2D eigenvalue weighted by Gasteiger charge is 2.08. The summed E-state index contributed by atoms with van der Waals surface area (Å²) < 4.78 is 13.0. The van der Waals surface area contributed by atoms with Crippen molar-refractivity contribution in [1.82, 2.24) is 10.6 Å². The van der Waals surface area contributed by atoms with Crippen LogP contribution in [0, 0.1) is 11.7 Å². The third-order valence-corrected chi connectivity index (χ3v) is 2.94. The Morgan fingerprint density at radius 2 is 2.00 bits per heavy atom. The van der Waals surface area contributed by atoms with Gasteiger partial charge in [-0.2, -0.15) is 0 Å². The summed E-state index contributed by atoms with van der Waals surface area (Å²) in [7, 11) is 1.73. The fourth-order valence-electron chi connectivity index (χ4n) is 1.41. The fraction of sp³-hybridized carbons (Fsp3) is 0.500. The van der Waals surface area contributed by atoms with E-state index in [1.807, 2.05) is 6.07 Å². The van der Waals surface area contributed by atoms with Crippen LogP contribution in [0.3, 0.4) is 0 Å². The second-order valence-electron chi connectivity index (χ2n) is 4.73. The molecule has 2 N–H and O–H groups in total. The van der Waals surface area contributed by atoms with Crippen LogP contribution in [0.1, 0.15) is 26.3 Å². The van der Waals surface area contributed by atoms with E-state index < -0.39 is 0 Å². The first-order valence-electron chi connectivity index (χ1n) is 6.24. The van der Waals surface area contributed by atoms with Gasteiger partial charge in [-0.1, -0.05) is 26.0 Å². The van der Waals surface area contributed by atoms with Gasteiger partial charge in [0, 0.05) is 19.6 Å². The molecule has 0 bridgehead atoms. The van der Waals surface area contributed by atoms with Crippen LogP contribution in [0.2, 0.25) is 0 Å². The zero-order valence-electron chi connectivity index (χ0n) is 11.9. The maximum absolute atomic E-state index is 13.0. The van der Waals surface area contributed by atoms with Crippen molar-refractivity contribution in [2.45, 2.75) is 33.4 Å². The Labute approximate surface area is 132 Å². The lowest BCUT2D eigenvalue weighted by Gasteiger charge is -2.20. The van der Waals surface area contributed by atoms with Gasteiger partial charge in [0.15, 0.2) is 5.96 Å². The first kappa shape index (κ1) is 18.1. The smallest absolute Gasteiger partial charge is 0.191 e. The fourth-order valence-corrected chi connectivity index (χ4v) is 1.41. The molecule has 0 saturated heterocycles. The second-order valence-corrected chi connectivity index (χ2v) is 4.73. The second kappa shape index (κ2) is 9.12. The summed E-state index contributed by atoms with van der Waals surface area (Å²) >= 11 is 0. The normalized spacial score (nSPS) is 12.8. The van der Waals surface area contributed by atoms with E-state index in [9.17, 15) is 4.39 Å². The molecular formula is C14H23FIN3. The summed E-state index contributed by atoms with van der Waals surface area (Å²) in [5.74, 6) is 1.05. The molecule has 19 heavy (non-hydrogen) atoms. The predicted octanol–water partition coefficient (Wildman–Crippen LogP) is 3.15. The van der Waals surface area contributed by atoms with E-state index in [0.29, 0.717) is 18.5 Å². The minimum Gasteiger partial charge on any atom is -0.354 e. The van der Waals surface area contributed by atoms with Crippen molar-refractivity contribution in [2.24, 2.45) is 10.9 Å². The van der Waals surface area contributed by atoms with Crippen LogP contribution in [0.25, 0.3) is 0 Å². The molecule has 0 amide bonds. The Balaban J connectivity index is 0.00000324. The number of hydrogen-bond donors (Lipinski definition) is 2. The van der Waals surface area contributed by atoms with Gasteiger partial charge in [-0.3, -0.25) is 4.99 Å². The molecule has 108 valence electrons. The van der Waals surface area contributed by atoms with E-state index in [2.05, 4.69) is 36.4 Å². The highest BCUT2D eigenvalue weighted by Crippen LogP contribution is 2.03. The summed E-state index contributed by atoms with van der Waals surface area (Å²) in [5.41, 5.74) is 0.898. The monoisotopic (exact) mass is 379 g/mol. The quantitative estimate of drug-likeness (QED) is 0.479. The maximum Gasteiger partial charge on any atom is 0.191 e. The lowest BCUT2D eigenvalue weighted by molar-refractivity contribution is 0.481. The minimum absolute atomic E-state index is 0. The molecular weight excluding hydrogens is 356 g/mol. The minimum atomic E-state index is -0.215. The Morgan fingerprint density at radius 1 is 1.32 bits per heavy atom. The highest BCUT2D eigenvalue weighted by molar-refractivity contribution is 14.0. The Kier molecular flexibility index (Phi) is 8.71.